The van der Waals surface area contributed by atoms with Gasteiger partial charge in [-0.05, 0) is 30.9 Å². The number of pyridine rings is 1. The molecule has 1 heterocycles. The zero-order chi connectivity index (χ0) is 13.4. The lowest BCUT2D eigenvalue weighted by molar-refractivity contribution is 0.0513. The van der Waals surface area contributed by atoms with Crippen LogP contribution >= 0.6 is 0 Å². The van der Waals surface area contributed by atoms with E-state index in [1.165, 1.54) is 6.26 Å². The summed E-state index contributed by atoms with van der Waals surface area (Å²) in [4.78, 5) is 3.97. The molecule has 0 aliphatic heterocycles. The SMILES string of the molecule is CS(=O)(=O)C1CCCC1(O)Cc1cnccc1N. The van der Waals surface area contributed by atoms with Crippen molar-refractivity contribution in [3.63, 3.8) is 0 Å². The van der Waals surface area contributed by atoms with E-state index in [4.69, 9.17) is 5.73 Å². The summed E-state index contributed by atoms with van der Waals surface area (Å²) < 4.78 is 23.4. The van der Waals surface area contributed by atoms with Crippen molar-refractivity contribution in [3.8, 4) is 0 Å². The van der Waals surface area contributed by atoms with Crippen LogP contribution in [0.2, 0.25) is 0 Å². The van der Waals surface area contributed by atoms with E-state index in [2.05, 4.69) is 4.98 Å². The Morgan fingerprint density at radius 1 is 1.61 bits per heavy atom. The van der Waals surface area contributed by atoms with E-state index in [1.807, 2.05) is 0 Å². The lowest BCUT2D eigenvalue weighted by Gasteiger charge is -2.29. The first-order valence-electron chi connectivity index (χ1n) is 5.92. The minimum absolute atomic E-state index is 0.240. The van der Waals surface area contributed by atoms with Crippen LogP contribution in [-0.2, 0) is 16.3 Å². The fraction of sp³-hybridized carbons (Fsp3) is 0.583. The summed E-state index contributed by atoms with van der Waals surface area (Å²) in [5.41, 5.74) is 5.84. The van der Waals surface area contributed by atoms with Crippen molar-refractivity contribution in [2.24, 2.45) is 0 Å². The van der Waals surface area contributed by atoms with Gasteiger partial charge >= 0.3 is 0 Å². The zero-order valence-corrected chi connectivity index (χ0v) is 11.2. The summed E-state index contributed by atoms with van der Waals surface area (Å²) >= 11 is 0. The van der Waals surface area contributed by atoms with Crippen molar-refractivity contribution in [1.29, 1.82) is 0 Å². The lowest BCUT2D eigenvalue weighted by Crippen LogP contribution is -2.44. The Morgan fingerprint density at radius 2 is 2.33 bits per heavy atom. The number of hydrogen-bond acceptors (Lipinski definition) is 5. The molecule has 0 saturated heterocycles. The Balaban J connectivity index is 2.30. The van der Waals surface area contributed by atoms with Crippen molar-refractivity contribution >= 4 is 15.5 Å². The number of aliphatic hydroxyl groups is 1. The van der Waals surface area contributed by atoms with Crippen molar-refractivity contribution in [2.75, 3.05) is 12.0 Å². The van der Waals surface area contributed by atoms with E-state index in [0.29, 0.717) is 30.5 Å². The minimum Gasteiger partial charge on any atom is -0.398 e. The number of sulfone groups is 1. The molecule has 3 N–H and O–H groups in total. The lowest BCUT2D eigenvalue weighted by atomic mass is 9.93. The Hall–Kier alpha value is -1.14. The fourth-order valence-electron chi connectivity index (χ4n) is 2.75. The number of rotatable bonds is 3. The van der Waals surface area contributed by atoms with Crippen LogP contribution in [0.3, 0.4) is 0 Å². The third-order valence-corrected chi connectivity index (χ3v) is 5.34. The third-order valence-electron chi connectivity index (χ3n) is 3.63. The number of aromatic nitrogens is 1. The van der Waals surface area contributed by atoms with Gasteiger partial charge in [-0.2, -0.15) is 0 Å². The molecule has 1 aromatic heterocycles. The van der Waals surface area contributed by atoms with Crippen LogP contribution in [0.15, 0.2) is 18.5 Å². The highest BCUT2D eigenvalue weighted by Gasteiger charge is 2.46. The van der Waals surface area contributed by atoms with Crippen LogP contribution in [0.25, 0.3) is 0 Å². The van der Waals surface area contributed by atoms with Crippen LogP contribution in [0.1, 0.15) is 24.8 Å². The van der Waals surface area contributed by atoms with Gasteiger partial charge in [-0.15, -0.1) is 0 Å². The van der Waals surface area contributed by atoms with Crippen LogP contribution in [0.5, 0.6) is 0 Å². The van der Waals surface area contributed by atoms with E-state index < -0.39 is 20.7 Å². The smallest absolute Gasteiger partial charge is 0.153 e. The predicted octanol–water partition coefficient (Wildman–Crippen LogP) is 0.535. The molecule has 0 radical (unpaired) electrons. The number of nitrogen functional groups attached to an aromatic ring is 1. The van der Waals surface area contributed by atoms with Crippen LogP contribution in [-0.4, -0.2) is 35.6 Å². The maximum atomic E-state index is 11.7. The Bertz CT molecular complexity index is 544. The molecule has 0 aromatic carbocycles. The van der Waals surface area contributed by atoms with E-state index in [1.54, 1.807) is 18.5 Å². The van der Waals surface area contributed by atoms with Gasteiger partial charge in [0.05, 0.1) is 10.9 Å². The second-order valence-corrected chi connectivity index (χ2v) is 7.29. The summed E-state index contributed by atoms with van der Waals surface area (Å²) in [7, 11) is -3.25. The number of nitrogens with zero attached hydrogens (tertiary/aromatic N) is 1. The van der Waals surface area contributed by atoms with Crippen molar-refractivity contribution in [1.82, 2.24) is 4.98 Å². The molecule has 1 aliphatic carbocycles. The maximum absolute atomic E-state index is 11.7. The van der Waals surface area contributed by atoms with E-state index in [0.717, 1.165) is 0 Å². The van der Waals surface area contributed by atoms with Gasteiger partial charge in [0.2, 0.25) is 0 Å². The van der Waals surface area contributed by atoms with Gasteiger partial charge in [-0.1, -0.05) is 0 Å². The standard InChI is InChI=1S/C12H18N2O3S/c1-18(16,17)11-3-2-5-12(11,15)7-9-8-14-6-4-10(9)13/h4,6,8,11,15H,2-3,5,7H2,1H3,(H2,13,14). The molecule has 2 atom stereocenters. The van der Waals surface area contributed by atoms with Crippen molar-refractivity contribution in [3.05, 3.63) is 24.0 Å². The normalized spacial score (nSPS) is 28.4. The maximum Gasteiger partial charge on any atom is 0.153 e. The number of anilines is 1. The molecule has 1 aromatic rings. The van der Waals surface area contributed by atoms with Crippen molar-refractivity contribution in [2.45, 2.75) is 36.5 Å². The van der Waals surface area contributed by atoms with Crippen molar-refractivity contribution < 1.29 is 13.5 Å². The molecule has 0 spiro atoms. The third kappa shape index (κ3) is 2.49. The van der Waals surface area contributed by atoms with E-state index in [9.17, 15) is 13.5 Å². The highest BCUT2D eigenvalue weighted by molar-refractivity contribution is 7.91. The second kappa shape index (κ2) is 4.51. The minimum atomic E-state index is -3.25. The molecular formula is C12H18N2O3S. The molecule has 6 heteroatoms. The molecule has 2 rings (SSSR count). The van der Waals surface area contributed by atoms with Crippen LogP contribution in [0.4, 0.5) is 5.69 Å². The van der Waals surface area contributed by atoms with Crippen LogP contribution in [0, 0.1) is 0 Å². The quantitative estimate of drug-likeness (QED) is 0.836. The Labute approximate surface area is 107 Å². The van der Waals surface area contributed by atoms with Crippen LogP contribution < -0.4 is 5.73 Å². The monoisotopic (exact) mass is 270 g/mol. The summed E-state index contributed by atoms with van der Waals surface area (Å²) in [5.74, 6) is 0. The predicted molar refractivity (Wildman–Crippen MR) is 69.8 cm³/mol. The van der Waals surface area contributed by atoms with Gasteiger partial charge in [-0.25, -0.2) is 8.42 Å². The molecule has 1 aliphatic rings. The molecule has 0 bridgehead atoms. The summed E-state index contributed by atoms with van der Waals surface area (Å²) in [6.07, 6.45) is 6.30. The first-order chi connectivity index (χ1) is 8.33. The fourth-order valence-corrected chi connectivity index (χ4v) is 4.35. The van der Waals surface area contributed by atoms with Gasteiger partial charge in [0.1, 0.15) is 0 Å². The first kappa shape index (κ1) is 13.3. The summed E-state index contributed by atoms with van der Waals surface area (Å²) in [5, 5.41) is 9.90. The average molecular weight is 270 g/mol. The molecule has 2 unspecified atom stereocenters. The molecule has 1 fully saturated rings. The topological polar surface area (TPSA) is 93.3 Å². The van der Waals surface area contributed by atoms with E-state index in [-0.39, 0.29) is 6.42 Å². The van der Waals surface area contributed by atoms with Gasteiger partial charge < -0.3 is 10.8 Å². The molecule has 0 amide bonds. The summed E-state index contributed by atoms with van der Waals surface area (Å²) in [6.45, 7) is 0. The highest BCUT2D eigenvalue weighted by Crippen LogP contribution is 2.37. The molecule has 1 saturated carbocycles. The Morgan fingerprint density at radius 3 is 2.94 bits per heavy atom. The molecule has 100 valence electrons. The first-order valence-corrected chi connectivity index (χ1v) is 7.88. The Kier molecular flexibility index (Phi) is 3.33. The average Bonchev–Trinajstić information content (AvgIpc) is 2.63. The second-order valence-electron chi connectivity index (χ2n) is 5.07. The zero-order valence-electron chi connectivity index (χ0n) is 10.3. The van der Waals surface area contributed by atoms with Gasteiger partial charge in [-0.3, -0.25) is 4.98 Å². The molecular weight excluding hydrogens is 252 g/mol. The van der Waals surface area contributed by atoms with E-state index >= 15 is 0 Å². The number of hydrogen-bond donors (Lipinski definition) is 2. The van der Waals surface area contributed by atoms with Gasteiger partial charge in [0.15, 0.2) is 9.84 Å². The molecule has 18 heavy (non-hydrogen) atoms. The molecule has 5 nitrogen and oxygen atoms in total. The number of nitrogens with two attached hydrogens (primary N) is 1. The summed E-state index contributed by atoms with van der Waals surface area (Å²) in [6, 6.07) is 1.66. The highest BCUT2D eigenvalue weighted by atomic mass is 32.2. The van der Waals surface area contributed by atoms with Gasteiger partial charge in [0.25, 0.3) is 0 Å². The largest absolute Gasteiger partial charge is 0.398 e. The van der Waals surface area contributed by atoms with Gasteiger partial charge in [0, 0.05) is 30.8 Å².